The molecule has 1 aromatic heterocycles. The van der Waals surface area contributed by atoms with Crippen LogP contribution in [-0.2, 0) is 24.1 Å². The highest BCUT2D eigenvalue weighted by Gasteiger charge is 2.24. The Kier molecular flexibility index (Phi) is 9.43. The van der Waals surface area contributed by atoms with Crippen LogP contribution in [0.3, 0.4) is 0 Å². The molecule has 0 saturated heterocycles. The number of benzene rings is 3. The van der Waals surface area contributed by atoms with Crippen molar-refractivity contribution in [2.75, 3.05) is 26.8 Å². The SMILES string of the molecule is CCc1nn(-c2ccccc2)c(Oc2ccc(F)cc2)c1CN(CCOC)C[C@H](O)Cc1ccccc1. The summed E-state index contributed by atoms with van der Waals surface area (Å²) in [4.78, 5) is 2.17. The van der Waals surface area contributed by atoms with E-state index in [2.05, 4.69) is 11.8 Å². The molecule has 4 rings (SSSR count). The normalized spacial score (nSPS) is 12.1. The van der Waals surface area contributed by atoms with Crippen molar-refractivity contribution in [1.29, 1.82) is 0 Å². The Balaban J connectivity index is 1.66. The molecule has 37 heavy (non-hydrogen) atoms. The molecule has 0 unspecified atom stereocenters. The van der Waals surface area contributed by atoms with Crippen molar-refractivity contribution in [3.63, 3.8) is 0 Å². The Hall–Kier alpha value is -3.52. The molecule has 3 aromatic carbocycles. The summed E-state index contributed by atoms with van der Waals surface area (Å²) in [6.45, 7) is 4.21. The number of hydrogen-bond donors (Lipinski definition) is 1. The zero-order valence-electron chi connectivity index (χ0n) is 21.4. The van der Waals surface area contributed by atoms with Gasteiger partial charge < -0.3 is 14.6 Å². The fraction of sp³-hybridized carbons (Fsp3) is 0.300. The van der Waals surface area contributed by atoms with Gasteiger partial charge in [-0.2, -0.15) is 5.10 Å². The van der Waals surface area contributed by atoms with Crippen LogP contribution in [-0.4, -0.2) is 52.7 Å². The lowest BCUT2D eigenvalue weighted by Crippen LogP contribution is -2.35. The van der Waals surface area contributed by atoms with Gasteiger partial charge in [0.25, 0.3) is 0 Å². The average molecular weight is 504 g/mol. The Morgan fingerprint density at radius 2 is 1.65 bits per heavy atom. The molecule has 0 radical (unpaired) electrons. The monoisotopic (exact) mass is 503 g/mol. The van der Waals surface area contributed by atoms with Crippen LogP contribution in [0.2, 0.25) is 0 Å². The van der Waals surface area contributed by atoms with Crippen molar-refractivity contribution in [2.24, 2.45) is 0 Å². The maximum atomic E-state index is 13.6. The lowest BCUT2D eigenvalue weighted by Gasteiger charge is -2.25. The Labute approximate surface area is 217 Å². The third-order valence-electron chi connectivity index (χ3n) is 6.16. The minimum absolute atomic E-state index is 0.323. The predicted octanol–water partition coefficient (Wildman–Crippen LogP) is 5.42. The van der Waals surface area contributed by atoms with Crippen LogP contribution in [0.1, 0.15) is 23.7 Å². The van der Waals surface area contributed by atoms with Gasteiger partial charge in [0.15, 0.2) is 0 Å². The fourth-order valence-corrected chi connectivity index (χ4v) is 4.31. The standard InChI is InChI=1S/C30H34FN3O3/c1-3-29-28(22-33(18-19-36-2)21-26(35)20-23-10-6-4-7-11-23)30(37-27-16-14-24(31)15-17-27)34(32-29)25-12-8-5-9-13-25/h4-17,26,35H,3,18-22H2,1-2H3/t26-/m1/s1. The van der Waals surface area contributed by atoms with Crippen molar-refractivity contribution >= 4 is 0 Å². The van der Waals surface area contributed by atoms with E-state index in [-0.39, 0.29) is 5.82 Å². The van der Waals surface area contributed by atoms with Crippen molar-refractivity contribution < 1.29 is 19.0 Å². The molecule has 0 amide bonds. The second-order valence-electron chi connectivity index (χ2n) is 8.96. The molecule has 0 bridgehead atoms. The lowest BCUT2D eigenvalue weighted by atomic mass is 10.1. The molecule has 0 aliphatic carbocycles. The number of aliphatic hydroxyl groups excluding tert-OH is 1. The second kappa shape index (κ2) is 13.1. The van der Waals surface area contributed by atoms with Crippen molar-refractivity contribution in [2.45, 2.75) is 32.4 Å². The number of ether oxygens (including phenoxy) is 2. The lowest BCUT2D eigenvalue weighted by molar-refractivity contribution is 0.0846. The van der Waals surface area contributed by atoms with E-state index < -0.39 is 6.10 Å². The molecule has 194 valence electrons. The maximum Gasteiger partial charge on any atom is 0.227 e. The van der Waals surface area contributed by atoms with Crippen molar-refractivity contribution in [1.82, 2.24) is 14.7 Å². The van der Waals surface area contributed by atoms with E-state index in [1.54, 1.807) is 23.9 Å². The zero-order valence-corrected chi connectivity index (χ0v) is 21.4. The number of hydrogen-bond acceptors (Lipinski definition) is 5. The molecular formula is C30H34FN3O3. The molecule has 7 heteroatoms. The fourth-order valence-electron chi connectivity index (χ4n) is 4.31. The largest absolute Gasteiger partial charge is 0.439 e. The summed E-state index contributed by atoms with van der Waals surface area (Å²) in [5.41, 5.74) is 3.79. The number of aliphatic hydroxyl groups is 1. The maximum absolute atomic E-state index is 13.6. The number of nitrogens with zero attached hydrogens (tertiary/aromatic N) is 3. The Morgan fingerprint density at radius 3 is 2.30 bits per heavy atom. The summed E-state index contributed by atoms with van der Waals surface area (Å²) < 4.78 is 27.1. The van der Waals surface area contributed by atoms with Gasteiger partial charge in [0.2, 0.25) is 5.88 Å². The minimum Gasteiger partial charge on any atom is -0.439 e. The number of halogens is 1. The first-order valence-electron chi connectivity index (χ1n) is 12.6. The summed E-state index contributed by atoms with van der Waals surface area (Å²) in [6.07, 6.45) is 0.724. The van der Waals surface area contributed by atoms with Crippen molar-refractivity contribution in [3.05, 3.63) is 108 Å². The summed E-state index contributed by atoms with van der Waals surface area (Å²) in [6, 6.07) is 25.8. The van der Waals surface area contributed by atoms with Gasteiger partial charge in [-0.05, 0) is 54.8 Å². The number of aromatic nitrogens is 2. The van der Waals surface area contributed by atoms with Crippen LogP contribution in [0.25, 0.3) is 5.69 Å². The van der Waals surface area contributed by atoms with E-state index in [0.29, 0.717) is 50.7 Å². The topological polar surface area (TPSA) is 59.8 Å². The first-order chi connectivity index (χ1) is 18.1. The first-order valence-corrected chi connectivity index (χ1v) is 12.6. The molecule has 0 aliphatic heterocycles. The van der Waals surface area contributed by atoms with Crippen LogP contribution in [0.5, 0.6) is 11.6 Å². The van der Waals surface area contributed by atoms with Gasteiger partial charge in [-0.1, -0.05) is 55.5 Å². The quantitative estimate of drug-likeness (QED) is 0.264. The van der Waals surface area contributed by atoms with Crippen LogP contribution < -0.4 is 4.74 Å². The molecule has 1 atom stereocenters. The number of para-hydroxylation sites is 1. The van der Waals surface area contributed by atoms with Gasteiger partial charge in [0, 0.05) is 26.7 Å². The molecular weight excluding hydrogens is 469 g/mol. The second-order valence-corrected chi connectivity index (χ2v) is 8.96. The third kappa shape index (κ3) is 7.26. The highest BCUT2D eigenvalue weighted by Crippen LogP contribution is 2.32. The van der Waals surface area contributed by atoms with Gasteiger partial charge in [-0.25, -0.2) is 9.07 Å². The first kappa shape index (κ1) is 26.5. The molecule has 1 heterocycles. The van der Waals surface area contributed by atoms with Crippen LogP contribution in [0.4, 0.5) is 4.39 Å². The van der Waals surface area contributed by atoms with Crippen LogP contribution in [0, 0.1) is 5.82 Å². The van der Waals surface area contributed by atoms with Gasteiger partial charge in [0.05, 0.1) is 29.7 Å². The van der Waals surface area contributed by atoms with E-state index in [9.17, 15) is 9.50 Å². The van der Waals surface area contributed by atoms with E-state index >= 15 is 0 Å². The highest BCUT2D eigenvalue weighted by atomic mass is 19.1. The molecule has 0 fully saturated rings. The van der Waals surface area contributed by atoms with Crippen molar-refractivity contribution in [3.8, 4) is 17.3 Å². The molecule has 1 N–H and O–H groups in total. The summed E-state index contributed by atoms with van der Waals surface area (Å²) in [5, 5.41) is 15.8. The average Bonchev–Trinajstić information content (AvgIpc) is 3.26. The smallest absolute Gasteiger partial charge is 0.227 e. The predicted molar refractivity (Wildman–Crippen MR) is 143 cm³/mol. The van der Waals surface area contributed by atoms with E-state index in [4.69, 9.17) is 14.6 Å². The van der Waals surface area contributed by atoms with Crippen LogP contribution in [0.15, 0.2) is 84.9 Å². The van der Waals surface area contributed by atoms with Gasteiger partial charge in [0.1, 0.15) is 11.6 Å². The molecule has 6 nitrogen and oxygen atoms in total. The molecule has 0 spiro atoms. The Bertz CT molecular complexity index is 1230. The zero-order chi connectivity index (χ0) is 26.0. The molecule has 0 saturated carbocycles. The van der Waals surface area contributed by atoms with E-state index in [1.807, 2.05) is 60.7 Å². The van der Waals surface area contributed by atoms with Gasteiger partial charge in [-0.3, -0.25) is 4.90 Å². The molecule has 4 aromatic rings. The van der Waals surface area contributed by atoms with Crippen LogP contribution >= 0.6 is 0 Å². The summed E-state index contributed by atoms with van der Waals surface area (Å²) in [5.74, 6) is 0.779. The van der Waals surface area contributed by atoms with Gasteiger partial charge >= 0.3 is 0 Å². The minimum atomic E-state index is -0.546. The number of aryl methyl sites for hydroxylation is 1. The number of rotatable bonds is 13. The van der Waals surface area contributed by atoms with E-state index in [0.717, 1.165) is 22.5 Å². The molecule has 0 aliphatic rings. The number of methoxy groups -OCH3 is 1. The summed E-state index contributed by atoms with van der Waals surface area (Å²) in [7, 11) is 1.67. The summed E-state index contributed by atoms with van der Waals surface area (Å²) >= 11 is 0. The Morgan fingerprint density at radius 1 is 0.973 bits per heavy atom. The third-order valence-corrected chi connectivity index (χ3v) is 6.16. The highest BCUT2D eigenvalue weighted by molar-refractivity contribution is 5.43. The van der Waals surface area contributed by atoms with Gasteiger partial charge in [-0.15, -0.1) is 0 Å². The van der Waals surface area contributed by atoms with E-state index in [1.165, 1.54) is 12.1 Å².